The zero-order chi connectivity index (χ0) is 25.2. The fraction of sp³-hybridized carbons (Fsp3) is 0.435. The maximum atomic E-state index is 13.0. The van der Waals surface area contributed by atoms with Crippen molar-refractivity contribution in [3.63, 3.8) is 0 Å². The Bertz CT molecular complexity index is 1350. The maximum absolute atomic E-state index is 13.0. The van der Waals surface area contributed by atoms with Crippen LogP contribution in [0.1, 0.15) is 48.1 Å². The second-order valence-electron chi connectivity index (χ2n) is 8.64. The van der Waals surface area contributed by atoms with E-state index in [-0.39, 0.29) is 42.5 Å². The number of hydrogen-bond acceptors (Lipinski definition) is 10. The molecule has 3 aromatic rings. The van der Waals surface area contributed by atoms with Gasteiger partial charge in [0, 0.05) is 31.9 Å². The summed E-state index contributed by atoms with van der Waals surface area (Å²) in [6, 6.07) is 0.108. The molecule has 1 saturated heterocycles. The number of nitrogen functional groups attached to an aromatic ring is 1. The summed E-state index contributed by atoms with van der Waals surface area (Å²) in [7, 11) is 1.50. The van der Waals surface area contributed by atoms with Gasteiger partial charge in [-0.15, -0.1) is 0 Å². The van der Waals surface area contributed by atoms with Crippen molar-refractivity contribution in [1.29, 1.82) is 0 Å². The van der Waals surface area contributed by atoms with Crippen LogP contribution in [0.25, 0.3) is 11.2 Å². The fourth-order valence-electron chi connectivity index (χ4n) is 4.26. The first-order valence-electron chi connectivity index (χ1n) is 11.6. The number of fused-ring (bicyclic) bond motifs is 1. The highest BCUT2D eigenvalue weighted by Crippen LogP contribution is 2.32. The second kappa shape index (κ2) is 9.84. The van der Waals surface area contributed by atoms with E-state index in [1.807, 2.05) is 0 Å². The summed E-state index contributed by atoms with van der Waals surface area (Å²) in [5.74, 6) is 5.62. The van der Waals surface area contributed by atoms with E-state index in [1.165, 1.54) is 36.7 Å². The molecule has 0 bridgehead atoms. The van der Waals surface area contributed by atoms with Gasteiger partial charge in [0.2, 0.25) is 11.7 Å². The van der Waals surface area contributed by atoms with Gasteiger partial charge >= 0.3 is 0 Å². The largest absolute Gasteiger partial charge is 0.388 e. The SMILES string of the molecule is CNC(=O)[C@@H]1CC(O)C(n2cnc3c(N)nc(C#CCN(C(=O)c4cncnc4)C4CCC4)nc32)O1. The van der Waals surface area contributed by atoms with Gasteiger partial charge in [0.15, 0.2) is 17.7 Å². The number of aliphatic hydroxyl groups excluding tert-OH is 1. The van der Waals surface area contributed by atoms with Crippen LogP contribution in [0, 0.1) is 11.8 Å². The first-order chi connectivity index (χ1) is 17.5. The minimum atomic E-state index is -0.945. The number of likely N-dealkylation sites (N-methyl/N-ethyl adjacent to an activating group) is 1. The minimum Gasteiger partial charge on any atom is -0.388 e. The zero-order valence-corrected chi connectivity index (χ0v) is 19.5. The summed E-state index contributed by atoms with van der Waals surface area (Å²) in [5.41, 5.74) is 7.15. The molecule has 0 spiro atoms. The predicted octanol–water partition coefficient (Wildman–Crippen LogP) is -0.361. The van der Waals surface area contributed by atoms with Crippen molar-refractivity contribution in [2.75, 3.05) is 19.3 Å². The van der Waals surface area contributed by atoms with Crippen molar-refractivity contribution < 1.29 is 19.4 Å². The molecule has 13 heteroatoms. The standard InChI is InChI=1S/C23H25N9O4/c1-25-21(34)16-8-15(33)23(36-16)32-12-28-18-19(24)29-17(30-20(18)32)6-3-7-31(14-4-2-5-14)22(35)13-9-26-11-27-10-13/h9-12,14-16,23,33H,2,4-5,7-8H2,1H3,(H,25,34)(H2,24,29,30)/t15?,16-,23?/m0/s1. The number of nitrogens with two attached hydrogens (primary N) is 1. The lowest BCUT2D eigenvalue weighted by molar-refractivity contribution is -0.134. The third-order valence-electron chi connectivity index (χ3n) is 6.38. The predicted molar refractivity (Wildman–Crippen MR) is 126 cm³/mol. The van der Waals surface area contributed by atoms with E-state index in [1.54, 1.807) is 4.90 Å². The number of nitrogens with one attached hydrogen (secondary N) is 1. The summed E-state index contributed by atoms with van der Waals surface area (Å²) in [6.45, 7) is 0.178. The molecule has 2 amide bonds. The Balaban J connectivity index is 1.39. The Kier molecular flexibility index (Phi) is 6.45. The third kappa shape index (κ3) is 4.43. The second-order valence-corrected chi connectivity index (χ2v) is 8.64. The molecule has 2 unspecified atom stereocenters. The molecule has 1 aliphatic carbocycles. The molecular weight excluding hydrogens is 466 g/mol. The number of anilines is 1. The van der Waals surface area contributed by atoms with E-state index in [2.05, 4.69) is 42.1 Å². The van der Waals surface area contributed by atoms with Crippen LogP contribution in [0.2, 0.25) is 0 Å². The number of imidazole rings is 1. The van der Waals surface area contributed by atoms with E-state index in [9.17, 15) is 14.7 Å². The summed E-state index contributed by atoms with van der Waals surface area (Å²) in [6.07, 6.45) is 6.20. The quantitative estimate of drug-likeness (QED) is 0.400. The van der Waals surface area contributed by atoms with Gasteiger partial charge in [0.25, 0.3) is 5.91 Å². The van der Waals surface area contributed by atoms with Gasteiger partial charge < -0.3 is 25.8 Å². The fourth-order valence-corrected chi connectivity index (χ4v) is 4.26. The smallest absolute Gasteiger partial charge is 0.258 e. The first kappa shape index (κ1) is 23.6. The van der Waals surface area contributed by atoms with Crippen LogP contribution in [0.5, 0.6) is 0 Å². The molecule has 2 fully saturated rings. The van der Waals surface area contributed by atoms with Crippen molar-refractivity contribution in [1.82, 2.24) is 39.7 Å². The van der Waals surface area contributed by atoms with Gasteiger partial charge in [0.05, 0.1) is 18.4 Å². The normalized spacial score (nSPS) is 21.4. The van der Waals surface area contributed by atoms with Crippen molar-refractivity contribution >= 4 is 28.8 Å². The molecule has 1 aliphatic heterocycles. The van der Waals surface area contributed by atoms with E-state index in [0.29, 0.717) is 16.7 Å². The van der Waals surface area contributed by atoms with Crippen LogP contribution in [0.15, 0.2) is 25.0 Å². The molecule has 186 valence electrons. The Labute approximate surface area is 206 Å². The summed E-state index contributed by atoms with van der Waals surface area (Å²) >= 11 is 0. The number of aromatic nitrogens is 6. The Hall–Kier alpha value is -4.15. The number of rotatable bonds is 5. The Morgan fingerprint density at radius 1 is 1.31 bits per heavy atom. The van der Waals surface area contributed by atoms with Gasteiger partial charge in [-0.2, -0.15) is 0 Å². The lowest BCUT2D eigenvalue weighted by atomic mass is 9.91. The van der Waals surface area contributed by atoms with Crippen molar-refractivity contribution in [3.8, 4) is 11.8 Å². The molecular formula is C23H25N9O4. The number of hydrogen-bond donors (Lipinski definition) is 3. The molecule has 3 atom stereocenters. The van der Waals surface area contributed by atoms with Gasteiger partial charge in [-0.3, -0.25) is 14.2 Å². The first-order valence-corrected chi connectivity index (χ1v) is 11.6. The number of carbonyl (C=O) groups excluding carboxylic acids is 2. The molecule has 4 heterocycles. The van der Waals surface area contributed by atoms with E-state index < -0.39 is 18.4 Å². The van der Waals surface area contributed by atoms with Gasteiger partial charge in [-0.05, 0) is 25.2 Å². The molecule has 5 rings (SSSR count). The van der Waals surface area contributed by atoms with Crippen LogP contribution >= 0.6 is 0 Å². The van der Waals surface area contributed by atoms with Gasteiger partial charge in [-0.1, -0.05) is 5.92 Å². The molecule has 2 aliphatic rings. The van der Waals surface area contributed by atoms with Crippen LogP contribution in [-0.2, 0) is 9.53 Å². The minimum absolute atomic E-state index is 0.108. The highest BCUT2D eigenvalue weighted by atomic mass is 16.5. The molecule has 1 saturated carbocycles. The van der Waals surface area contributed by atoms with Crippen LogP contribution in [0.3, 0.4) is 0 Å². The van der Waals surface area contributed by atoms with E-state index in [4.69, 9.17) is 10.5 Å². The number of carbonyl (C=O) groups is 2. The summed E-state index contributed by atoms with van der Waals surface area (Å²) in [4.78, 5) is 47.4. The van der Waals surface area contributed by atoms with Crippen molar-refractivity contribution in [2.24, 2.45) is 0 Å². The van der Waals surface area contributed by atoms with Crippen LogP contribution in [-0.4, -0.2) is 83.1 Å². The number of ether oxygens (including phenoxy) is 1. The van der Waals surface area contributed by atoms with E-state index in [0.717, 1.165) is 19.3 Å². The van der Waals surface area contributed by atoms with Crippen LogP contribution < -0.4 is 11.1 Å². The summed E-state index contributed by atoms with van der Waals surface area (Å²) < 4.78 is 7.27. The number of amides is 2. The summed E-state index contributed by atoms with van der Waals surface area (Å²) in [5, 5.41) is 13.0. The third-order valence-corrected chi connectivity index (χ3v) is 6.38. The lowest BCUT2D eigenvalue weighted by Crippen LogP contribution is -2.44. The number of aliphatic hydroxyl groups is 1. The Morgan fingerprint density at radius 3 is 2.78 bits per heavy atom. The Morgan fingerprint density at radius 2 is 2.08 bits per heavy atom. The van der Waals surface area contributed by atoms with Gasteiger partial charge in [-0.25, -0.2) is 24.9 Å². The average Bonchev–Trinajstić information content (AvgIpc) is 3.45. The highest BCUT2D eigenvalue weighted by molar-refractivity contribution is 5.94. The van der Waals surface area contributed by atoms with Crippen LogP contribution in [0.4, 0.5) is 5.82 Å². The van der Waals surface area contributed by atoms with Crippen molar-refractivity contribution in [2.45, 2.75) is 50.2 Å². The molecule has 36 heavy (non-hydrogen) atoms. The molecule has 0 radical (unpaired) electrons. The maximum Gasteiger partial charge on any atom is 0.258 e. The zero-order valence-electron chi connectivity index (χ0n) is 19.5. The average molecular weight is 492 g/mol. The van der Waals surface area contributed by atoms with E-state index >= 15 is 0 Å². The van der Waals surface area contributed by atoms with Gasteiger partial charge in [0.1, 0.15) is 24.1 Å². The molecule has 3 aromatic heterocycles. The van der Waals surface area contributed by atoms with Crippen molar-refractivity contribution in [3.05, 3.63) is 36.4 Å². The monoisotopic (exact) mass is 491 g/mol. The molecule has 0 aromatic carbocycles. The number of nitrogens with zero attached hydrogens (tertiary/aromatic N) is 7. The lowest BCUT2D eigenvalue weighted by Gasteiger charge is -2.36. The highest BCUT2D eigenvalue weighted by Gasteiger charge is 2.39. The topological polar surface area (TPSA) is 174 Å². The molecule has 13 nitrogen and oxygen atoms in total. The molecule has 4 N–H and O–H groups in total.